The topological polar surface area (TPSA) is 334 Å². The monoisotopic (exact) mass is 913 g/mol. The highest BCUT2D eigenvalue weighted by atomic mass is 32.2. The first kappa shape index (κ1) is 46.4. The summed E-state index contributed by atoms with van der Waals surface area (Å²) in [5, 5.41) is 37.2. The minimum Gasteiger partial charge on any atom is -0.495 e. The van der Waals surface area contributed by atoms with Crippen LogP contribution in [0.3, 0.4) is 0 Å². The molecule has 1 heterocycles. The van der Waals surface area contributed by atoms with Crippen molar-refractivity contribution in [2.24, 2.45) is 20.5 Å². The zero-order valence-electron chi connectivity index (χ0n) is 32.8. The van der Waals surface area contributed by atoms with Gasteiger partial charge in [-0.1, -0.05) is 11.1 Å². The third-order valence-electron chi connectivity index (χ3n) is 8.44. The SMILES string of the molecule is COc1cc(/N=N/C(C(C)=O)C(=O)Nc2cc(C)c(S(=O)(=O)O)cc2OC)c(S(=O)(=O)O)cc1NC(=O)c1ccc(/N=N/c2c(C)nn(-c3cccc(SOOO)c3)c2N)cc1. The number of nitrogens with zero attached hydrogens (tertiary/aromatic N) is 6. The Bertz CT molecular complexity index is 2830. The molecule has 0 aliphatic heterocycles. The van der Waals surface area contributed by atoms with Gasteiger partial charge in [-0.05, 0) is 80.9 Å². The molecular formula is C36H35N9O14S3. The number of ketones is 1. The van der Waals surface area contributed by atoms with Crippen molar-refractivity contribution in [2.75, 3.05) is 30.6 Å². The number of amides is 2. The van der Waals surface area contributed by atoms with Crippen molar-refractivity contribution in [3.05, 3.63) is 89.6 Å². The summed E-state index contributed by atoms with van der Waals surface area (Å²) in [5.41, 5.74) is 7.10. The van der Waals surface area contributed by atoms with Crippen LogP contribution in [0.1, 0.15) is 28.5 Å². The second kappa shape index (κ2) is 19.4. The molecule has 0 aliphatic carbocycles. The van der Waals surface area contributed by atoms with Crippen molar-refractivity contribution in [3.63, 3.8) is 0 Å². The largest absolute Gasteiger partial charge is 0.495 e. The van der Waals surface area contributed by atoms with Gasteiger partial charge in [0.1, 0.15) is 27.0 Å². The molecule has 1 aromatic heterocycles. The Morgan fingerprint density at radius 2 is 1.48 bits per heavy atom. The first-order chi connectivity index (χ1) is 29.2. The van der Waals surface area contributed by atoms with Gasteiger partial charge in [0.05, 0.1) is 54.7 Å². The van der Waals surface area contributed by atoms with Gasteiger partial charge in [-0.25, -0.2) is 9.94 Å². The molecule has 23 nitrogen and oxygen atoms in total. The highest BCUT2D eigenvalue weighted by Crippen LogP contribution is 2.37. The van der Waals surface area contributed by atoms with Crippen LogP contribution >= 0.6 is 12.0 Å². The molecule has 0 fully saturated rings. The van der Waals surface area contributed by atoms with Crippen LogP contribution < -0.4 is 25.8 Å². The molecule has 2 amide bonds. The molecule has 0 spiro atoms. The van der Waals surface area contributed by atoms with Gasteiger partial charge in [-0.3, -0.25) is 23.5 Å². The maximum absolute atomic E-state index is 13.3. The lowest BCUT2D eigenvalue weighted by Gasteiger charge is -2.15. The number of nitrogen functional groups attached to an aromatic ring is 1. The van der Waals surface area contributed by atoms with Crippen molar-refractivity contribution in [1.29, 1.82) is 0 Å². The number of anilines is 3. The molecular weight excluding hydrogens is 879 g/mol. The van der Waals surface area contributed by atoms with Gasteiger partial charge in [0.25, 0.3) is 32.1 Å². The van der Waals surface area contributed by atoms with E-state index < -0.39 is 59.4 Å². The van der Waals surface area contributed by atoms with Gasteiger partial charge in [0.2, 0.25) is 6.04 Å². The molecule has 0 aliphatic rings. The van der Waals surface area contributed by atoms with Crippen LogP contribution in [-0.2, 0) is 39.2 Å². The van der Waals surface area contributed by atoms with Crippen molar-refractivity contribution in [1.82, 2.24) is 9.78 Å². The summed E-state index contributed by atoms with van der Waals surface area (Å²) < 4.78 is 84.4. The molecule has 0 radical (unpaired) electrons. The minimum absolute atomic E-state index is 0.0195. The van der Waals surface area contributed by atoms with E-state index in [1.807, 2.05) is 0 Å². The summed E-state index contributed by atoms with van der Waals surface area (Å²) >= 11 is 0.756. The summed E-state index contributed by atoms with van der Waals surface area (Å²) in [7, 11) is -7.41. The number of azo groups is 2. The number of methoxy groups -OCH3 is 2. The Hall–Kier alpha value is -6.65. The minimum atomic E-state index is -5.10. The molecule has 1 unspecified atom stereocenters. The van der Waals surface area contributed by atoms with Gasteiger partial charge in [0.15, 0.2) is 17.3 Å². The number of carbonyl (C=O) groups excluding carboxylic acids is 3. The lowest BCUT2D eigenvalue weighted by Crippen LogP contribution is -2.32. The molecule has 0 saturated carbocycles. The van der Waals surface area contributed by atoms with E-state index in [1.165, 1.54) is 43.0 Å². The Kier molecular flexibility index (Phi) is 14.5. The molecule has 1 atom stereocenters. The number of nitrogens with one attached hydrogen (secondary N) is 2. The Balaban J connectivity index is 1.35. The first-order valence-corrected chi connectivity index (χ1v) is 20.9. The molecule has 62 heavy (non-hydrogen) atoms. The van der Waals surface area contributed by atoms with Gasteiger partial charge < -0.3 is 25.8 Å². The Labute approximate surface area is 356 Å². The number of hydrogen-bond donors (Lipinski definition) is 6. The summed E-state index contributed by atoms with van der Waals surface area (Å²) in [6, 6.07) is 14.6. The van der Waals surface area contributed by atoms with Crippen LogP contribution in [0.25, 0.3) is 5.69 Å². The van der Waals surface area contributed by atoms with Crippen LogP contribution in [0.4, 0.5) is 34.3 Å². The Morgan fingerprint density at radius 3 is 2.10 bits per heavy atom. The molecule has 326 valence electrons. The zero-order chi connectivity index (χ0) is 45.5. The summed E-state index contributed by atoms with van der Waals surface area (Å²) in [5.74, 6) is -2.89. The molecule has 4 aromatic carbocycles. The van der Waals surface area contributed by atoms with Crippen LogP contribution in [0.5, 0.6) is 11.5 Å². The molecule has 0 saturated heterocycles. The Morgan fingerprint density at radius 1 is 0.839 bits per heavy atom. The van der Waals surface area contributed by atoms with Crippen molar-refractivity contribution in [2.45, 2.75) is 41.5 Å². The molecule has 7 N–H and O–H groups in total. The fourth-order valence-electron chi connectivity index (χ4n) is 5.51. The molecule has 5 rings (SSSR count). The highest BCUT2D eigenvalue weighted by Gasteiger charge is 2.27. The van der Waals surface area contributed by atoms with E-state index in [-0.39, 0.29) is 45.5 Å². The van der Waals surface area contributed by atoms with E-state index in [0.29, 0.717) is 22.0 Å². The smallest absolute Gasteiger partial charge is 0.296 e. The first-order valence-electron chi connectivity index (χ1n) is 17.3. The summed E-state index contributed by atoms with van der Waals surface area (Å²) in [6.07, 6.45) is 0. The van der Waals surface area contributed by atoms with Crippen molar-refractivity contribution >= 4 is 84.1 Å². The number of carbonyl (C=O) groups is 3. The van der Waals surface area contributed by atoms with E-state index >= 15 is 0 Å². The fourth-order valence-corrected chi connectivity index (χ4v) is 7.28. The van der Waals surface area contributed by atoms with Gasteiger partial charge >= 0.3 is 0 Å². The van der Waals surface area contributed by atoms with Crippen LogP contribution in [0.15, 0.2) is 108 Å². The maximum Gasteiger partial charge on any atom is 0.296 e. The van der Waals surface area contributed by atoms with Crippen molar-refractivity contribution < 1.29 is 64.4 Å². The number of hydrogen-bond acceptors (Lipinski definition) is 19. The predicted molar refractivity (Wildman–Crippen MR) is 220 cm³/mol. The lowest BCUT2D eigenvalue weighted by atomic mass is 10.1. The molecule has 0 bridgehead atoms. The zero-order valence-corrected chi connectivity index (χ0v) is 35.3. The number of nitrogens with two attached hydrogens (primary N) is 1. The third kappa shape index (κ3) is 11.0. The summed E-state index contributed by atoms with van der Waals surface area (Å²) in [6.45, 7) is 4.00. The van der Waals surface area contributed by atoms with Gasteiger partial charge in [-0.2, -0.15) is 37.3 Å². The molecule has 26 heteroatoms. The second-order valence-electron chi connectivity index (χ2n) is 12.7. The number of rotatable bonds is 17. The average Bonchev–Trinajstić information content (AvgIpc) is 3.50. The van der Waals surface area contributed by atoms with Crippen LogP contribution in [-0.4, -0.2) is 78.8 Å². The number of Topliss-reactive ketones (excluding diaryl/α,β-unsaturated/α-hetero) is 1. The van der Waals surface area contributed by atoms with E-state index in [9.17, 15) is 40.3 Å². The van der Waals surface area contributed by atoms with E-state index in [1.54, 1.807) is 31.2 Å². The average molecular weight is 914 g/mol. The normalized spacial score (nSPS) is 12.4. The number of benzene rings is 4. The van der Waals surface area contributed by atoms with Crippen LogP contribution in [0.2, 0.25) is 0 Å². The number of aryl methyl sites for hydroxylation is 2. The van der Waals surface area contributed by atoms with E-state index in [2.05, 4.69) is 45.6 Å². The third-order valence-corrected chi connectivity index (χ3v) is 10.9. The maximum atomic E-state index is 13.3. The van der Waals surface area contributed by atoms with Gasteiger partial charge in [-0.15, -0.1) is 9.45 Å². The second-order valence-corrected chi connectivity index (χ2v) is 16.2. The lowest BCUT2D eigenvalue weighted by molar-refractivity contribution is -0.432. The fraction of sp³-hybridized carbons (Fsp3) is 0.167. The van der Waals surface area contributed by atoms with Gasteiger partial charge in [0, 0.05) is 22.6 Å². The number of ether oxygens (including phenoxy) is 2. The highest BCUT2D eigenvalue weighted by molar-refractivity contribution is 7.94. The molecule has 5 aromatic rings. The van der Waals surface area contributed by atoms with E-state index in [4.69, 9.17) is 20.5 Å². The quantitative estimate of drug-likeness (QED) is 0.0148. The number of aromatic nitrogens is 2. The van der Waals surface area contributed by atoms with Crippen LogP contribution in [0, 0.1) is 13.8 Å². The van der Waals surface area contributed by atoms with Crippen molar-refractivity contribution in [3.8, 4) is 17.2 Å². The standard InChI is InChI=1S/C36H35N9O14S3/c1-18-13-25(29(57-5)17-30(18)61(50,51)52)39-36(48)33(20(3)46)43-41-27-15-28(56-4)26(16-31(27)62(53,54)55)38-35(47)21-9-11-22(12-10-21)40-42-32-19(2)44-45(34(32)37)23-7-6-8-24(14-23)60-59-58-49/h6-17,33,49H,37H2,1-5H3,(H,38,47)(H,39,48)(H,50,51,52)(H,53,54,55)/b42-40+,43-41+. The predicted octanol–water partition coefficient (Wildman–Crippen LogP) is 6.36. The summed E-state index contributed by atoms with van der Waals surface area (Å²) in [4.78, 5) is 38.2. The van der Waals surface area contributed by atoms with E-state index in [0.717, 1.165) is 50.3 Å².